The summed E-state index contributed by atoms with van der Waals surface area (Å²) in [5.74, 6) is 0.675. The summed E-state index contributed by atoms with van der Waals surface area (Å²) in [6.45, 7) is 2.29. The molecule has 1 saturated carbocycles. The Labute approximate surface area is 80.2 Å². The molecule has 1 rings (SSSR count). The van der Waals surface area contributed by atoms with E-state index in [1.165, 1.54) is 25.7 Å². The predicted molar refractivity (Wildman–Crippen MR) is 52.5 cm³/mol. The standard InChI is InChI=1S/C10H21NO2/c1-8-4-2-3-5-10(8)11-9(6-12)7-13/h8-13H,2-7H2,1H3/t8-,10-/m0/s1. The highest BCUT2D eigenvalue weighted by atomic mass is 16.3. The van der Waals surface area contributed by atoms with Gasteiger partial charge in [-0.2, -0.15) is 0 Å². The summed E-state index contributed by atoms with van der Waals surface area (Å²) in [4.78, 5) is 0. The topological polar surface area (TPSA) is 52.5 Å². The Bertz CT molecular complexity index is 137. The molecule has 1 fully saturated rings. The molecular formula is C10H21NO2. The lowest BCUT2D eigenvalue weighted by molar-refractivity contribution is 0.142. The zero-order valence-electron chi connectivity index (χ0n) is 8.37. The van der Waals surface area contributed by atoms with E-state index in [1.54, 1.807) is 0 Å². The van der Waals surface area contributed by atoms with Gasteiger partial charge in [0.15, 0.2) is 0 Å². The van der Waals surface area contributed by atoms with E-state index in [2.05, 4.69) is 12.2 Å². The van der Waals surface area contributed by atoms with Gasteiger partial charge in [0.1, 0.15) is 0 Å². The van der Waals surface area contributed by atoms with E-state index >= 15 is 0 Å². The molecule has 0 radical (unpaired) electrons. The minimum absolute atomic E-state index is 0.0275. The number of rotatable bonds is 4. The van der Waals surface area contributed by atoms with Crippen molar-refractivity contribution in [1.82, 2.24) is 5.32 Å². The van der Waals surface area contributed by atoms with E-state index in [4.69, 9.17) is 10.2 Å². The van der Waals surface area contributed by atoms with Crippen molar-refractivity contribution >= 4 is 0 Å². The Morgan fingerprint density at radius 1 is 1.23 bits per heavy atom. The monoisotopic (exact) mass is 187 g/mol. The van der Waals surface area contributed by atoms with E-state index in [0.717, 1.165) is 0 Å². The van der Waals surface area contributed by atoms with Gasteiger partial charge in [0, 0.05) is 6.04 Å². The zero-order chi connectivity index (χ0) is 9.68. The number of hydrogen-bond acceptors (Lipinski definition) is 3. The Morgan fingerprint density at radius 2 is 1.85 bits per heavy atom. The molecule has 0 saturated heterocycles. The lowest BCUT2D eigenvalue weighted by Gasteiger charge is -2.32. The molecule has 1 aliphatic rings. The summed E-state index contributed by atoms with van der Waals surface area (Å²) in [6.07, 6.45) is 5.03. The van der Waals surface area contributed by atoms with Gasteiger partial charge in [-0.3, -0.25) is 0 Å². The number of aliphatic hydroxyl groups is 2. The third-order valence-electron chi connectivity index (χ3n) is 3.00. The molecule has 13 heavy (non-hydrogen) atoms. The highest BCUT2D eigenvalue weighted by Gasteiger charge is 2.22. The molecule has 0 heterocycles. The quantitative estimate of drug-likeness (QED) is 0.601. The third-order valence-corrected chi connectivity index (χ3v) is 3.00. The van der Waals surface area contributed by atoms with Crippen LogP contribution in [0.25, 0.3) is 0 Å². The van der Waals surface area contributed by atoms with E-state index in [9.17, 15) is 0 Å². The average molecular weight is 187 g/mol. The third kappa shape index (κ3) is 3.25. The predicted octanol–water partition coefficient (Wildman–Crippen LogP) is 0.508. The molecule has 78 valence electrons. The summed E-state index contributed by atoms with van der Waals surface area (Å²) in [5.41, 5.74) is 0. The first-order valence-electron chi connectivity index (χ1n) is 5.25. The molecule has 1 aliphatic carbocycles. The number of hydrogen-bond donors (Lipinski definition) is 3. The van der Waals surface area contributed by atoms with Gasteiger partial charge in [-0.05, 0) is 18.8 Å². The normalized spacial score (nSPS) is 29.5. The first-order valence-corrected chi connectivity index (χ1v) is 5.25. The molecule has 3 heteroatoms. The highest BCUT2D eigenvalue weighted by Crippen LogP contribution is 2.23. The van der Waals surface area contributed by atoms with E-state index in [-0.39, 0.29) is 19.3 Å². The van der Waals surface area contributed by atoms with Crippen LogP contribution >= 0.6 is 0 Å². The van der Waals surface area contributed by atoms with Crippen LogP contribution in [0.3, 0.4) is 0 Å². The van der Waals surface area contributed by atoms with Crippen molar-refractivity contribution < 1.29 is 10.2 Å². The second-order valence-corrected chi connectivity index (χ2v) is 4.10. The molecule has 0 aromatic heterocycles. The van der Waals surface area contributed by atoms with Crippen LogP contribution in [-0.4, -0.2) is 35.5 Å². The van der Waals surface area contributed by atoms with Crippen molar-refractivity contribution in [2.45, 2.75) is 44.7 Å². The van der Waals surface area contributed by atoms with Crippen molar-refractivity contribution in [3.8, 4) is 0 Å². The Morgan fingerprint density at radius 3 is 2.38 bits per heavy atom. The van der Waals surface area contributed by atoms with Gasteiger partial charge < -0.3 is 15.5 Å². The van der Waals surface area contributed by atoms with Gasteiger partial charge in [0.2, 0.25) is 0 Å². The maximum atomic E-state index is 8.92. The van der Waals surface area contributed by atoms with Gasteiger partial charge in [-0.15, -0.1) is 0 Å². The van der Waals surface area contributed by atoms with Crippen molar-refractivity contribution in [3.63, 3.8) is 0 Å². The van der Waals surface area contributed by atoms with E-state index < -0.39 is 0 Å². The van der Waals surface area contributed by atoms with Crippen molar-refractivity contribution in [1.29, 1.82) is 0 Å². The van der Waals surface area contributed by atoms with Gasteiger partial charge >= 0.3 is 0 Å². The van der Waals surface area contributed by atoms with Gasteiger partial charge in [0.25, 0.3) is 0 Å². The van der Waals surface area contributed by atoms with E-state index in [0.29, 0.717) is 12.0 Å². The maximum absolute atomic E-state index is 8.92. The van der Waals surface area contributed by atoms with Crippen molar-refractivity contribution in [3.05, 3.63) is 0 Å². The first kappa shape index (κ1) is 11.0. The molecular weight excluding hydrogens is 166 g/mol. The largest absolute Gasteiger partial charge is 0.395 e. The van der Waals surface area contributed by atoms with Crippen LogP contribution in [0.2, 0.25) is 0 Å². The van der Waals surface area contributed by atoms with Gasteiger partial charge in [-0.1, -0.05) is 19.8 Å². The Balaban J connectivity index is 2.32. The fraction of sp³-hybridized carbons (Fsp3) is 1.00. The van der Waals surface area contributed by atoms with Crippen molar-refractivity contribution in [2.24, 2.45) is 5.92 Å². The maximum Gasteiger partial charge on any atom is 0.0607 e. The summed E-state index contributed by atoms with van der Waals surface area (Å²) >= 11 is 0. The minimum atomic E-state index is -0.134. The lowest BCUT2D eigenvalue weighted by atomic mass is 9.85. The van der Waals surface area contributed by atoms with Crippen LogP contribution in [0.5, 0.6) is 0 Å². The minimum Gasteiger partial charge on any atom is -0.395 e. The van der Waals surface area contributed by atoms with Crippen LogP contribution in [0, 0.1) is 5.92 Å². The number of aliphatic hydroxyl groups excluding tert-OH is 2. The second-order valence-electron chi connectivity index (χ2n) is 4.10. The Kier molecular flexibility index (Phi) is 4.70. The summed E-state index contributed by atoms with van der Waals surface area (Å²) in [5, 5.41) is 21.1. The molecule has 0 bridgehead atoms. The molecule has 0 aromatic carbocycles. The zero-order valence-corrected chi connectivity index (χ0v) is 8.37. The van der Waals surface area contributed by atoms with Gasteiger partial charge in [0.05, 0.1) is 19.3 Å². The second kappa shape index (κ2) is 5.58. The molecule has 0 unspecified atom stereocenters. The van der Waals surface area contributed by atoms with E-state index in [1.807, 2.05) is 0 Å². The molecule has 0 spiro atoms. The fourth-order valence-corrected chi connectivity index (χ4v) is 2.03. The molecule has 0 aromatic rings. The highest BCUT2D eigenvalue weighted by molar-refractivity contribution is 4.81. The first-order chi connectivity index (χ1) is 6.27. The van der Waals surface area contributed by atoms with Crippen LogP contribution in [0.1, 0.15) is 32.6 Å². The molecule has 3 nitrogen and oxygen atoms in total. The Hall–Kier alpha value is -0.120. The van der Waals surface area contributed by atoms with Gasteiger partial charge in [-0.25, -0.2) is 0 Å². The molecule has 0 amide bonds. The van der Waals surface area contributed by atoms with Crippen molar-refractivity contribution in [2.75, 3.05) is 13.2 Å². The van der Waals surface area contributed by atoms with Crippen LogP contribution in [-0.2, 0) is 0 Å². The number of nitrogens with one attached hydrogen (secondary N) is 1. The SMILES string of the molecule is C[C@H]1CCCC[C@@H]1NC(CO)CO. The summed E-state index contributed by atoms with van der Waals surface area (Å²) in [6, 6.07) is 0.351. The van der Waals surface area contributed by atoms with Crippen LogP contribution < -0.4 is 5.32 Å². The van der Waals surface area contributed by atoms with Crippen LogP contribution in [0.4, 0.5) is 0 Å². The fourth-order valence-electron chi connectivity index (χ4n) is 2.03. The molecule has 2 atom stereocenters. The van der Waals surface area contributed by atoms with Crippen LogP contribution in [0.15, 0.2) is 0 Å². The summed E-state index contributed by atoms with van der Waals surface area (Å²) in [7, 11) is 0. The molecule has 3 N–H and O–H groups in total. The lowest BCUT2D eigenvalue weighted by Crippen LogP contribution is -2.46. The summed E-state index contributed by atoms with van der Waals surface area (Å²) < 4.78 is 0. The molecule has 0 aliphatic heterocycles. The smallest absolute Gasteiger partial charge is 0.0607 e. The average Bonchev–Trinajstić information content (AvgIpc) is 2.17.